The Hall–Kier alpha value is -0.405. The van der Waals surface area contributed by atoms with Crippen LogP contribution in [0.3, 0.4) is 0 Å². The van der Waals surface area contributed by atoms with Gasteiger partial charge in [-0.1, -0.05) is 44.2 Å². The molecule has 0 saturated heterocycles. The molecule has 3 heteroatoms. The average molecular weight is 225 g/mol. The SMILES string of the molecule is [2H]B([3H])CSOC[C@@H](C)[C@H](C)c1ccccc1. The second-order valence-electron chi connectivity index (χ2n) is 3.75. The third-order valence-corrected chi connectivity index (χ3v) is 3.10. The summed E-state index contributed by atoms with van der Waals surface area (Å²) in [6.07, 6.45) is 0. The number of hydrogen-bond acceptors (Lipinski definition) is 2. The first kappa shape index (κ1) is 9.80. The largest absolute Gasteiger partial charge is 0.316 e. The maximum atomic E-state index is 7.05. The number of benzene rings is 1. The highest BCUT2D eigenvalue weighted by molar-refractivity contribution is 7.95. The molecule has 0 amide bonds. The minimum absolute atomic E-state index is 0.409. The fourth-order valence-electron chi connectivity index (χ4n) is 1.43. The summed E-state index contributed by atoms with van der Waals surface area (Å²) < 4.78 is 19.5. The molecule has 1 aromatic carbocycles. The summed E-state index contributed by atoms with van der Waals surface area (Å²) in [7, 11) is -0.804. The summed E-state index contributed by atoms with van der Waals surface area (Å²) >= 11 is 1.23. The van der Waals surface area contributed by atoms with Gasteiger partial charge < -0.3 is 4.18 Å². The van der Waals surface area contributed by atoms with Gasteiger partial charge in [-0.25, -0.2) is 0 Å². The van der Waals surface area contributed by atoms with E-state index < -0.39 is 7.77 Å². The molecule has 0 radical (unpaired) electrons. The summed E-state index contributed by atoms with van der Waals surface area (Å²) in [4.78, 5) is 0. The van der Waals surface area contributed by atoms with E-state index >= 15 is 0 Å². The quantitative estimate of drug-likeness (QED) is 0.401. The van der Waals surface area contributed by atoms with Crippen LogP contribution in [0, 0.1) is 5.92 Å². The summed E-state index contributed by atoms with van der Waals surface area (Å²) in [6, 6.07) is 10.4. The van der Waals surface area contributed by atoms with E-state index in [9.17, 15) is 0 Å². The molecule has 0 aromatic heterocycles. The summed E-state index contributed by atoms with van der Waals surface area (Å²) in [5.41, 5.74) is 1.74. The Morgan fingerprint density at radius 3 is 2.93 bits per heavy atom. The van der Waals surface area contributed by atoms with Gasteiger partial charge in [-0.15, -0.1) is 0 Å². The molecule has 15 heavy (non-hydrogen) atoms. The van der Waals surface area contributed by atoms with Gasteiger partial charge in [0.1, 0.15) is 7.77 Å². The average Bonchev–Trinajstić information content (AvgIpc) is 2.34. The zero-order chi connectivity index (χ0) is 12.7. The lowest BCUT2D eigenvalue weighted by Gasteiger charge is -2.19. The molecular weight excluding hydrogens is 203 g/mol. The second kappa shape index (κ2) is 6.97. The molecule has 0 aliphatic heterocycles. The first-order valence-corrected chi connectivity index (χ1v) is 6.16. The van der Waals surface area contributed by atoms with Crippen molar-refractivity contribution in [3.63, 3.8) is 0 Å². The highest BCUT2D eigenvalue weighted by Gasteiger charge is 2.14. The highest BCUT2D eigenvalue weighted by atomic mass is 32.2. The molecule has 82 valence electrons. The topological polar surface area (TPSA) is 9.23 Å². The van der Waals surface area contributed by atoms with E-state index in [2.05, 4.69) is 38.1 Å². The third kappa shape index (κ3) is 4.31. The first-order chi connectivity index (χ1) is 8.11. The van der Waals surface area contributed by atoms with Gasteiger partial charge in [0.2, 0.25) is 0 Å². The van der Waals surface area contributed by atoms with E-state index in [4.69, 9.17) is 6.85 Å². The van der Waals surface area contributed by atoms with E-state index in [1.165, 1.54) is 17.6 Å². The molecule has 0 aliphatic carbocycles. The smallest absolute Gasteiger partial charge is 0.117 e. The molecule has 0 saturated carbocycles. The predicted molar refractivity (Wildman–Crippen MR) is 71.0 cm³/mol. The van der Waals surface area contributed by atoms with Crippen molar-refractivity contribution in [1.29, 1.82) is 2.67 Å². The summed E-state index contributed by atoms with van der Waals surface area (Å²) in [5, 5.41) is 0. The van der Waals surface area contributed by atoms with Gasteiger partial charge in [0.05, 0.1) is 6.61 Å². The van der Waals surface area contributed by atoms with Crippen LogP contribution in [0.4, 0.5) is 0 Å². The van der Waals surface area contributed by atoms with Crippen LogP contribution in [0.5, 0.6) is 0 Å². The van der Waals surface area contributed by atoms with Crippen molar-refractivity contribution in [2.45, 2.75) is 19.8 Å². The lowest BCUT2D eigenvalue weighted by atomic mass is 9.90. The standard InChI is InChI=1S/C12H19BOS/c1-10(8-14-15-9-13)11(2)12-6-4-3-5-7-12/h3-7,10-11H,8-9,13H2,1-2H3/t10-,11+/m1/s1/i13TD. The van der Waals surface area contributed by atoms with E-state index in [-0.39, 0.29) is 0 Å². The normalized spacial score (nSPS) is 16.4. The van der Waals surface area contributed by atoms with E-state index in [1.807, 2.05) is 6.07 Å². The van der Waals surface area contributed by atoms with Crippen LogP contribution in [0.25, 0.3) is 0 Å². The summed E-state index contributed by atoms with van der Waals surface area (Å²) in [5.74, 6) is 0.888. The van der Waals surface area contributed by atoms with Crippen LogP contribution in [-0.2, 0) is 4.18 Å². The lowest BCUT2D eigenvalue weighted by Crippen LogP contribution is -2.11. The Morgan fingerprint density at radius 2 is 2.27 bits per heavy atom. The van der Waals surface area contributed by atoms with E-state index in [1.54, 1.807) is 0 Å². The Labute approximate surface area is 101 Å². The number of rotatable bonds is 7. The second-order valence-corrected chi connectivity index (χ2v) is 4.55. The zero-order valence-corrected chi connectivity index (χ0v) is 10.2. The third-order valence-electron chi connectivity index (χ3n) is 2.66. The molecule has 0 fully saturated rings. The maximum Gasteiger partial charge on any atom is 0.117 e. The Bertz CT molecular complexity index is 311. The van der Waals surface area contributed by atoms with Gasteiger partial charge >= 0.3 is 0 Å². The van der Waals surface area contributed by atoms with Crippen molar-refractivity contribution < 1.29 is 4.18 Å². The zero-order valence-electron chi connectivity index (χ0n) is 11.3. The minimum atomic E-state index is -0.804. The molecule has 1 nitrogen and oxygen atoms in total. The molecular formula is C12H19BOS. The first-order valence-electron chi connectivity index (χ1n) is 6.40. The molecule has 0 bridgehead atoms. The molecule has 1 rings (SSSR count). The Morgan fingerprint density at radius 1 is 1.53 bits per heavy atom. The van der Waals surface area contributed by atoms with Crippen LogP contribution >= 0.6 is 12.0 Å². The van der Waals surface area contributed by atoms with Crippen molar-refractivity contribution in [3.8, 4) is 0 Å². The van der Waals surface area contributed by atoms with Crippen molar-refractivity contribution >= 4 is 19.8 Å². The fraction of sp³-hybridized carbons (Fsp3) is 0.500. The van der Waals surface area contributed by atoms with Crippen molar-refractivity contribution in [1.82, 2.24) is 0 Å². The monoisotopic (exact) mass is 225 g/mol. The Kier molecular flexibility index (Phi) is 4.55. The van der Waals surface area contributed by atoms with Gasteiger partial charge in [0.25, 0.3) is 0 Å². The van der Waals surface area contributed by atoms with Crippen LogP contribution in [0.1, 0.15) is 25.3 Å². The van der Waals surface area contributed by atoms with Crippen LogP contribution in [0.15, 0.2) is 30.3 Å². The number of hydrogen-bond donors (Lipinski definition) is 0. The molecule has 0 unspecified atom stereocenters. The van der Waals surface area contributed by atoms with Crippen molar-refractivity contribution in [2.75, 3.05) is 12.3 Å². The molecule has 0 N–H and O–H groups in total. The molecule has 2 atom stereocenters. The van der Waals surface area contributed by atoms with Crippen LogP contribution < -0.4 is 0 Å². The highest BCUT2D eigenvalue weighted by Crippen LogP contribution is 2.24. The van der Waals surface area contributed by atoms with E-state index in [0.29, 0.717) is 24.1 Å². The molecule has 0 heterocycles. The Balaban J connectivity index is 2.30. The van der Waals surface area contributed by atoms with Crippen LogP contribution in [-0.4, -0.2) is 22.7 Å². The molecule has 0 aliphatic rings. The van der Waals surface area contributed by atoms with Gasteiger partial charge in [0.15, 0.2) is 0 Å². The molecule has 1 aromatic rings. The van der Waals surface area contributed by atoms with Crippen molar-refractivity contribution in [3.05, 3.63) is 35.9 Å². The van der Waals surface area contributed by atoms with E-state index in [0.717, 1.165) is 0 Å². The van der Waals surface area contributed by atoms with Crippen molar-refractivity contribution in [2.24, 2.45) is 5.92 Å². The molecule has 0 spiro atoms. The summed E-state index contributed by atoms with van der Waals surface area (Å²) in [6.45, 7) is 5.02. The van der Waals surface area contributed by atoms with Gasteiger partial charge in [-0.05, 0) is 37.8 Å². The van der Waals surface area contributed by atoms with Gasteiger partial charge in [0, 0.05) is 0 Å². The fourth-order valence-corrected chi connectivity index (χ4v) is 1.84. The van der Waals surface area contributed by atoms with Gasteiger partial charge in [-0.3, -0.25) is 0 Å². The lowest BCUT2D eigenvalue weighted by molar-refractivity contribution is 0.278. The predicted octanol–water partition coefficient (Wildman–Crippen LogP) is 2.68. The van der Waals surface area contributed by atoms with Crippen LogP contribution in [0.2, 0.25) is 0 Å². The maximum absolute atomic E-state index is 7.05. The van der Waals surface area contributed by atoms with Gasteiger partial charge in [-0.2, -0.15) is 0 Å². The minimum Gasteiger partial charge on any atom is -0.316 e.